The Bertz CT molecular complexity index is 1580. The van der Waals surface area contributed by atoms with Crippen LogP contribution in [0.5, 0.6) is 11.5 Å². The summed E-state index contributed by atoms with van der Waals surface area (Å²) in [6.45, 7) is 6.25. The first-order valence-electron chi connectivity index (χ1n) is 11.7. The summed E-state index contributed by atoms with van der Waals surface area (Å²) in [5.41, 5.74) is 1.98. The van der Waals surface area contributed by atoms with Crippen molar-refractivity contribution >= 4 is 39.3 Å². The summed E-state index contributed by atoms with van der Waals surface area (Å²) >= 11 is 4.72. The van der Waals surface area contributed by atoms with Crippen LogP contribution in [0.4, 0.5) is 0 Å². The van der Waals surface area contributed by atoms with E-state index in [4.69, 9.17) is 20.6 Å². The molecule has 9 heteroatoms. The predicted octanol–water partition coefficient (Wildman–Crippen LogP) is 3.97. The van der Waals surface area contributed by atoms with Crippen molar-refractivity contribution in [2.45, 2.75) is 26.8 Å². The molecule has 0 spiro atoms. The molecule has 1 atom stereocenters. The van der Waals surface area contributed by atoms with Gasteiger partial charge in [-0.05, 0) is 62.7 Å². The molecule has 1 aromatic heterocycles. The predicted molar refractivity (Wildman–Crippen MR) is 146 cm³/mol. The van der Waals surface area contributed by atoms with Gasteiger partial charge in [-0.3, -0.25) is 9.36 Å². The highest BCUT2D eigenvalue weighted by atomic mass is 79.9. The number of thiazole rings is 1. The van der Waals surface area contributed by atoms with Crippen LogP contribution in [-0.4, -0.2) is 30.4 Å². The van der Waals surface area contributed by atoms with Crippen LogP contribution in [0.25, 0.3) is 6.08 Å². The van der Waals surface area contributed by atoms with Crippen LogP contribution < -0.4 is 24.4 Å². The van der Waals surface area contributed by atoms with E-state index in [1.807, 2.05) is 43.3 Å². The lowest BCUT2D eigenvalue weighted by molar-refractivity contribution is -0.139. The van der Waals surface area contributed by atoms with Crippen LogP contribution in [0.1, 0.15) is 37.9 Å². The SMILES string of the molecule is C#CCOc1ccc(Br)cc1/C=c1\sc2n(c1=O)[C@@H](c1ccc(OCC)cc1)C(C(=O)OCC)=C(C)N=2. The third-order valence-electron chi connectivity index (χ3n) is 5.59. The van der Waals surface area contributed by atoms with E-state index in [1.54, 1.807) is 30.6 Å². The van der Waals surface area contributed by atoms with Crippen molar-refractivity contribution in [1.82, 2.24) is 4.57 Å². The number of nitrogens with zero attached hydrogens (tertiary/aromatic N) is 2. The van der Waals surface area contributed by atoms with Crippen LogP contribution in [0.2, 0.25) is 0 Å². The summed E-state index contributed by atoms with van der Waals surface area (Å²) in [7, 11) is 0. The summed E-state index contributed by atoms with van der Waals surface area (Å²) in [6.07, 6.45) is 7.11. The van der Waals surface area contributed by atoms with Gasteiger partial charge >= 0.3 is 5.97 Å². The molecule has 0 aliphatic carbocycles. The van der Waals surface area contributed by atoms with Gasteiger partial charge in [0.2, 0.25) is 0 Å². The number of rotatable bonds is 8. The molecule has 0 saturated heterocycles. The first-order valence-corrected chi connectivity index (χ1v) is 13.3. The third-order valence-corrected chi connectivity index (χ3v) is 7.07. The minimum absolute atomic E-state index is 0.101. The monoisotopic (exact) mass is 580 g/mol. The third kappa shape index (κ3) is 5.55. The lowest BCUT2D eigenvalue weighted by Gasteiger charge is -2.24. The van der Waals surface area contributed by atoms with Crippen LogP contribution in [-0.2, 0) is 9.53 Å². The molecule has 0 N–H and O–H groups in total. The van der Waals surface area contributed by atoms with Gasteiger partial charge in [-0.2, -0.15) is 0 Å². The Kier molecular flexibility index (Phi) is 8.31. The summed E-state index contributed by atoms with van der Waals surface area (Å²) in [5, 5.41) is 0. The standard InChI is InChI=1S/C28H25BrN2O5S/c1-5-14-36-22-13-10-20(29)15-19(22)16-23-26(32)31-25(18-8-11-21(12-9-18)34-6-2)24(27(33)35-7-3)17(4)30-28(31)37-23/h1,8-13,15-16,25H,6-7,14H2,2-4H3/b23-16-/t25-/m0/s1. The molecule has 2 heterocycles. The molecular formula is C28H25BrN2O5S. The fourth-order valence-electron chi connectivity index (χ4n) is 4.04. The van der Waals surface area contributed by atoms with Gasteiger partial charge in [0.1, 0.15) is 18.1 Å². The number of fused-ring (bicyclic) bond motifs is 1. The number of halogens is 1. The second kappa shape index (κ2) is 11.6. The maximum absolute atomic E-state index is 13.8. The highest BCUT2D eigenvalue weighted by Crippen LogP contribution is 2.32. The molecule has 3 aromatic rings. The van der Waals surface area contributed by atoms with Crippen LogP contribution in [0, 0.1) is 12.3 Å². The van der Waals surface area contributed by atoms with Gasteiger partial charge in [-0.1, -0.05) is 45.3 Å². The number of carbonyl (C=O) groups is 1. The minimum atomic E-state index is -0.701. The fourth-order valence-corrected chi connectivity index (χ4v) is 5.46. The smallest absolute Gasteiger partial charge is 0.338 e. The summed E-state index contributed by atoms with van der Waals surface area (Å²) in [4.78, 5) is 32.0. The number of carbonyl (C=O) groups excluding carboxylic acids is 1. The summed E-state index contributed by atoms with van der Waals surface area (Å²) < 4.78 is 19.4. The average molecular weight is 581 g/mol. The number of esters is 1. The molecule has 7 nitrogen and oxygen atoms in total. The lowest BCUT2D eigenvalue weighted by atomic mass is 9.96. The fraction of sp³-hybridized carbons (Fsp3) is 0.250. The number of hydrogen-bond donors (Lipinski definition) is 0. The van der Waals surface area contributed by atoms with Crippen LogP contribution in [0.15, 0.2) is 68.0 Å². The number of allylic oxidation sites excluding steroid dienone is 1. The highest BCUT2D eigenvalue weighted by molar-refractivity contribution is 9.10. The zero-order chi connectivity index (χ0) is 26.5. The molecule has 0 bridgehead atoms. The van der Waals surface area contributed by atoms with Gasteiger partial charge in [0, 0.05) is 10.0 Å². The van der Waals surface area contributed by atoms with E-state index in [1.165, 1.54) is 11.3 Å². The Labute approximate surface area is 226 Å². The van der Waals surface area contributed by atoms with Crippen molar-refractivity contribution in [1.29, 1.82) is 0 Å². The molecule has 0 radical (unpaired) electrons. The van der Waals surface area contributed by atoms with Crippen molar-refractivity contribution in [3.63, 3.8) is 0 Å². The van der Waals surface area contributed by atoms with Gasteiger partial charge in [0.05, 0.1) is 35.1 Å². The molecule has 190 valence electrons. The molecule has 37 heavy (non-hydrogen) atoms. The van der Waals surface area contributed by atoms with Gasteiger partial charge in [-0.25, -0.2) is 9.79 Å². The highest BCUT2D eigenvalue weighted by Gasteiger charge is 2.33. The van der Waals surface area contributed by atoms with Gasteiger partial charge in [-0.15, -0.1) is 6.42 Å². The Hall–Kier alpha value is -3.61. The number of terminal acetylenes is 1. The normalized spacial score (nSPS) is 15.0. The second-order valence-corrected chi connectivity index (χ2v) is 9.90. The van der Waals surface area contributed by atoms with Crippen molar-refractivity contribution in [2.24, 2.45) is 4.99 Å². The topological polar surface area (TPSA) is 79.1 Å². The number of aromatic nitrogens is 1. The van der Waals surface area contributed by atoms with Crippen molar-refractivity contribution in [2.75, 3.05) is 19.8 Å². The molecule has 0 unspecified atom stereocenters. The van der Waals surface area contributed by atoms with Crippen molar-refractivity contribution < 1.29 is 19.0 Å². The molecular weight excluding hydrogens is 556 g/mol. The first kappa shape index (κ1) is 26.5. The van der Waals surface area contributed by atoms with E-state index in [0.717, 1.165) is 10.0 Å². The summed E-state index contributed by atoms with van der Waals surface area (Å²) in [5.74, 6) is 3.20. The zero-order valence-electron chi connectivity index (χ0n) is 20.6. The van der Waals surface area contributed by atoms with Gasteiger partial charge < -0.3 is 14.2 Å². The van der Waals surface area contributed by atoms with E-state index in [2.05, 4.69) is 26.8 Å². The number of benzene rings is 2. The molecule has 4 rings (SSSR count). The van der Waals surface area contributed by atoms with E-state index in [-0.39, 0.29) is 18.8 Å². The van der Waals surface area contributed by atoms with E-state index >= 15 is 0 Å². The van der Waals surface area contributed by atoms with Gasteiger partial charge in [0.15, 0.2) is 4.80 Å². The van der Waals surface area contributed by atoms with Gasteiger partial charge in [0.25, 0.3) is 5.56 Å². The van der Waals surface area contributed by atoms with Crippen LogP contribution in [0.3, 0.4) is 0 Å². The Morgan fingerprint density at radius 1 is 1.19 bits per heavy atom. The van der Waals surface area contributed by atoms with E-state index in [9.17, 15) is 9.59 Å². The maximum Gasteiger partial charge on any atom is 0.338 e. The Morgan fingerprint density at radius 3 is 2.62 bits per heavy atom. The molecule has 0 fully saturated rings. The zero-order valence-corrected chi connectivity index (χ0v) is 23.0. The maximum atomic E-state index is 13.8. The van der Waals surface area contributed by atoms with E-state index < -0.39 is 12.0 Å². The average Bonchev–Trinajstić information content (AvgIpc) is 3.18. The molecule has 0 saturated carbocycles. The Morgan fingerprint density at radius 2 is 1.95 bits per heavy atom. The van der Waals surface area contributed by atoms with E-state index in [0.29, 0.717) is 44.3 Å². The molecule has 1 aliphatic rings. The van der Waals surface area contributed by atoms with Crippen molar-refractivity contribution in [3.05, 3.63) is 89.0 Å². The number of ether oxygens (including phenoxy) is 3. The lowest BCUT2D eigenvalue weighted by Crippen LogP contribution is -2.39. The summed E-state index contributed by atoms with van der Waals surface area (Å²) in [6, 6.07) is 12.1. The largest absolute Gasteiger partial charge is 0.494 e. The van der Waals surface area contributed by atoms with Crippen molar-refractivity contribution in [3.8, 4) is 23.8 Å². The Balaban J connectivity index is 1.91. The number of hydrogen-bond acceptors (Lipinski definition) is 7. The first-order chi connectivity index (χ1) is 17.9. The molecule has 0 amide bonds. The van der Waals surface area contributed by atoms with Crippen LogP contribution >= 0.6 is 27.3 Å². The molecule has 1 aliphatic heterocycles. The second-order valence-electron chi connectivity index (χ2n) is 7.98. The minimum Gasteiger partial charge on any atom is -0.494 e. The quantitative estimate of drug-likeness (QED) is 0.297. The molecule has 2 aromatic carbocycles.